The summed E-state index contributed by atoms with van der Waals surface area (Å²) in [5, 5.41) is 45.7. The van der Waals surface area contributed by atoms with Crippen LogP contribution in [0.1, 0.15) is 78.1 Å². The van der Waals surface area contributed by atoms with E-state index in [4.69, 9.17) is 18.9 Å². The van der Waals surface area contributed by atoms with Crippen molar-refractivity contribution >= 4 is 11.9 Å². The molecule has 0 amide bonds. The molecule has 0 aromatic carbocycles. The van der Waals surface area contributed by atoms with Crippen molar-refractivity contribution in [2.75, 3.05) is 13.7 Å². The maximum atomic E-state index is 13.2. The summed E-state index contributed by atoms with van der Waals surface area (Å²) in [6.45, 7) is 4.12. The molecule has 40 heavy (non-hydrogen) atoms. The van der Waals surface area contributed by atoms with E-state index in [1.54, 1.807) is 20.1 Å². The van der Waals surface area contributed by atoms with Crippen molar-refractivity contribution in [3.8, 4) is 0 Å². The van der Waals surface area contributed by atoms with E-state index in [0.29, 0.717) is 38.5 Å². The molecule has 4 N–H and O–H groups in total. The Morgan fingerprint density at radius 3 is 2.50 bits per heavy atom. The van der Waals surface area contributed by atoms with Crippen LogP contribution >= 0.6 is 0 Å². The summed E-state index contributed by atoms with van der Waals surface area (Å²) in [6.07, 6.45) is 3.46. The number of aliphatic hydroxyl groups excluding tert-OH is 1. The number of rotatable bonds is 5. The predicted molar refractivity (Wildman–Crippen MR) is 140 cm³/mol. The van der Waals surface area contributed by atoms with Crippen molar-refractivity contribution in [1.29, 1.82) is 0 Å². The first-order chi connectivity index (χ1) is 18.9. The monoisotopic (exact) mass is 564 g/mol. The van der Waals surface area contributed by atoms with Crippen LogP contribution in [0.2, 0.25) is 0 Å². The number of hydrogen-bond donors (Lipinski definition) is 4. The Morgan fingerprint density at radius 2 is 1.82 bits per heavy atom. The van der Waals surface area contributed by atoms with Gasteiger partial charge in [-0.05, 0) is 81.6 Å². The molecule has 0 unspecified atom stereocenters. The second kappa shape index (κ2) is 9.74. The third kappa shape index (κ3) is 3.89. The second-order valence-electron chi connectivity index (χ2n) is 13.6. The van der Waals surface area contributed by atoms with Gasteiger partial charge in [-0.2, -0.15) is 0 Å². The summed E-state index contributed by atoms with van der Waals surface area (Å²) in [6, 6.07) is 0. The lowest BCUT2D eigenvalue weighted by molar-refractivity contribution is -0.292. The van der Waals surface area contributed by atoms with Gasteiger partial charge in [0.25, 0.3) is 0 Å². The normalized spacial score (nSPS) is 52.2. The number of methoxy groups -OCH3 is 1. The largest absolute Gasteiger partial charge is 0.481 e. The molecule has 10 heteroatoms. The molecular weight excluding hydrogens is 520 g/mol. The van der Waals surface area contributed by atoms with Crippen LogP contribution in [0.5, 0.6) is 0 Å². The molecule has 0 aromatic heterocycles. The number of aliphatic hydroxyl groups is 3. The number of carbonyl (C=O) groups is 2. The number of hydrogen-bond acceptors (Lipinski definition) is 9. The molecule has 224 valence electrons. The van der Waals surface area contributed by atoms with Gasteiger partial charge < -0.3 is 39.4 Å². The number of carbonyl (C=O) groups excluding carboxylic acids is 1. The molecule has 0 bridgehead atoms. The minimum atomic E-state index is -1.47. The lowest BCUT2D eigenvalue weighted by Gasteiger charge is -2.65. The molecule has 1 saturated heterocycles. The van der Waals surface area contributed by atoms with E-state index >= 15 is 0 Å². The average molecular weight is 565 g/mol. The van der Waals surface area contributed by atoms with Crippen LogP contribution in [-0.2, 0) is 28.5 Å². The number of carboxylic acid groups (broad SMARTS) is 1. The molecule has 4 aliphatic carbocycles. The summed E-state index contributed by atoms with van der Waals surface area (Å²) in [5.41, 5.74) is -3.47. The van der Waals surface area contributed by atoms with Gasteiger partial charge in [-0.3, -0.25) is 4.79 Å². The van der Waals surface area contributed by atoms with Crippen LogP contribution in [0.15, 0.2) is 11.6 Å². The van der Waals surface area contributed by atoms with Crippen molar-refractivity contribution < 1.29 is 49.0 Å². The first kappa shape index (κ1) is 28.6. The number of fused-ring (bicyclic) bond motifs is 5. The van der Waals surface area contributed by atoms with Crippen molar-refractivity contribution in [1.82, 2.24) is 0 Å². The van der Waals surface area contributed by atoms with Gasteiger partial charge in [0.05, 0.1) is 34.9 Å². The zero-order valence-corrected chi connectivity index (χ0v) is 23.7. The second-order valence-corrected chi connectivity index (χ2v) is 13.6. The fraction of sp³-hybridized carbons (Fsp3) is 0.867. The summed E-state index contributed by atoms with van der Waals surface area (Å²) < 4.78 is 22.8. The lowest BCUT2D eigenvalue weighted by atomic mass is 9.41. The minimum absolute atomic E-state index is 0.0166. The highest BCUT2D eigenvalue weighted by atomic mass is 16.7. The van der Waals surface area contributed by atoms with Gasteiger partial charge in [-0.15, -0.1) is 0 Å². The fourth-order valence-electron chi connectivity index (χ4n) is 10.1. The van der Waals surface area contributed by atoms with Crippen LogP contribution in [0.25, 0.3) is 0 Å². The maximum absolute atomic E-state index is 13.2. The van der Waals surface area contributed by atoms with Crippen molar-refractivity contribution in [2.24, 2.45) is 28.6 Å². The van der Waals surface area contributed by atoms with E-state index < -0.39 is 58.7 Å². The fourth-order valence-corrected chi connectivity index (χ4v) is 10.1. The Kier molecular flexibility index (Phi) is 6.95. The summed E-state index contributed by atoms with van der Waals surface area (Å²) in [7, 11) is 1.54. The third-order valence-electron chi connectivity index (χ3n) is 12.2. The predicted octanol–water partition coefficient (Wildman–Crippen LogP) is 2.32. The molecule has 0 radical (unpaired) electrons. The van der Waals surface area contributed by atoms with E-state index in [0.717, 1.165) is 12.0 Å². The van der Waals surface area contributed by atoms with Crippen molar-refractivity contribution in [3.05, 3.63) is 11.6 Å². The first-order valence-corrected chi connectivity index (χ1v) is 15.0. The van der Waals surface area contributed by atoms with E-state index in [-0.39, 0.29) is 49.6 Å². The quantitative estimate of drug-likeness (QED) is 0.289. The molecule has 4 saturated carbocycles. The number of esters is 1. The molecule has 12 atom stereocenters. The zero-order valence-electron chi connectivity index (χ0n) is 23.7. The van der Waals surface area contributed by atoms with Gasteiger partial charge in [0.15, 0.2) is 6.29 Å². The van der Waals surface area contributed by atoms with E-state index in [1.807, 2.05) is 0 Å². The van der Waals surface area contributed by atoms with Crippen LogP contribution in [-0.4, -0.2) is 88.0 Å². The molecule has 2 aliphatic heterocycles. The Hall–Kier alpha value is -1.56. The Bertz CT molecular complexity index is 1080. The maximum Gasteiger partial charge on any atom is 0.331 e. The van der Waals surface area contributed by atoms with E-state index in [9.17, 15) is 30.0 Å². The number of aliphatic carboxylic acids is 1. The van der Waals surface area contributed by atoms with Gasteiger partial charge in [-0.1, -0.05) is 6.92 Å². The highest BCUT2D eigenvalue weighted by Crippen LogP contribution is 2.71. The van der Waals surface area contributed by atoms with Gasteiger partial charge in [-0.25, -0.2) is 4.79 Å². The molecule has 10 nitrogen and oxygen atoms in total. The van der Waals surface area contributed by atoms with Gasteiger partial charge in [0.2, 0.25) is 0 Å². The Labute approximate surface area is 235 Å². The molecule has 6 aliphatic rings. The van der Waals surface area contributed by atoms with Crippen molar-refractivity contribution in [3.63, 3.8) is 0 Å². The molecule has 0 spiro atoms. The zero-order chi connectivity index (χ0) is 28.7. The van der Waals surface area contributed by atoms with E-state index in [2.05, 4.69) is 6.92 Å². The van der Waals surface area contributed by atoms with Gasteiger partial charge in [0, 0.05) is 31.4 Å². The minimum Gasteiger partial charge on any atom is -0.481 e. The van der Waals surface area contributed by atoms with Crippen LogP contribution in [0.3, 0.4) is 0 Å². The highest BCUT2D eigenvalue weighted by molar-refractivity contribution is 5.85. The highest BCUT2D eigenvalue weighted by Gasteiger charge is 2.73. The first-order valence-electron chi connectivity index (χ1n) is 15.0. The topological polar surface area (TPSA) is 152 Å². The molecular formula is C30H44O10. The Balaban J connectivity index is 1.24. The molecule has 6 rings (SSSR count). The van der Waals surface area contributed by atoms with E-state index in [1.165, 1.54) is 0 Å². The molecule has 2 heterocycles. The molecule has 5 fully saturated rings. The van der Waals surface area contributed by atoms with Crippen LogP contribution < -0.4 is 0 Å². The lowest BCUT2D eigenvalue weighted by Crippen LogP contribution is -2.70. The van der Waals surface area contributed by atoms with Crippen LogP contribution in [0.4, 0.5) is 0 Å². The number of cyclic esters (lactones) is 1. The third-order valence-corrected chi connectivity index (χ3v) is 12.2. The summed E-state index contributed by atoms with van der Waals surface area (Å²) in [4.78, 5) is 25.0. The average Bonchev–Trinajstić information content (AvgIpc) is 3.44. The Morgan fingerprint density at radius 1 is 1.07 bits per heavy atom. The standard InChI is InChI=1S/C30H44O10/c1-16-25(32)22(37-3)13-24(39-16)40-18-4-10-29(26(33)34)20-5-8-27(2)19(17-12-23(31)38-15-17)7-11-30(27,36)21(20)6-9-28(29,35)14-18/h12,16,18-22,24-25,32,35-36H,4-11,13-15H2,1-3H3,(H,33,34)/t16-,18+,19-,20+,21-,22+,24+,25-,27-,28+,29-,30+/m1/s1. The summed E-state index contributed by atoms with van der Waals surface area (Å²) in [5.74, 6) is -1.93. The summed E-state index contributed by atoms with van der Waals surface area (Å²) >= 11 is 0. The van der Waals surface area contributed by atoms with Gasteiger partial charge >= 0.3 is 11.9 Å². The van der Waals surface area contributed by atoms with Crippen LogP contribution in [0, 0.1) is 28.6 Å². The smallest absolute Gasteiger partial charge is 0.331 e. The van der Waals surface area contributed by atoms with Crippen molar-refractivity contribution in [2.45, 2.75) is 120 Å². The SMILES string of the molecule is CO[C@H]1C[C@H](O[C@H]2CC[C@]3(C(=O)O)[C@H]4CC[C@]5(C)[C@@H](C6=CC(=O)OC6)CC[C@]5(O)[C@@H]4CC[C@]3(O)C2)O[C@H](C)[C@H]1O. The number of ether oxygens (including phenoxy) is 4. The number of carboxylic acids is 1. The van der Waals surface area contributed by atoms with Gasteiger partial charge in [0.1, 0.15) is 12.7 Å². The molecule has 0 aromatic rings.